The van der Waals surface area contributed by atoms with E-state index in [0.717, 1.165) is 38.6 Å². The van der Waals surface area contributed by atoms with Crippen LogP contribution in [0.3, 0.4) is 0 Å². The van der Waals surface area contributed by atoms with Crippen molar-refractivity contribution < 1.29 is 33.0 Å². The molecule has 0 aliphatic heterocycles. The maximum absolute atomic E-state index is 13.3. The molecule has 2 unspecified atom stereocenters. The Morgan fingerprint density at radius 1 is 0.667 bits per heavy atom. The lowest BCUT2D eigenvalue weighted by Gasteiger charge is -2.42. The molecule has 1 aromatic carbocycles. The van der Waals surface area contributed by atoms with Crippen molar-refractivity contribution in [3.63, 3.8) is 0 Å². The van der Waals surface area contributed by atoms with E-state index < -0.39 is 22.6 Å². The number of aliphatic carboxylic acids is 1. The minimum Gasteiger partial charge on any atom is -0.493 e. The average Bonchev–Trinajstić information content (AvgIpc) is 3.15. The Labute approximate surface area is 371 Å². The van der Waals surface area contributed by atoms with Gasteiger partial charge in [-0.25, -0.2) is 4.79 Å². The molecule has 0 aliphatic rings. The summed E-state index contributed by atoms with van der Waals surface area (Å²) < 4.78 is 25.9. The number of nitrogens with zero attached hydrogens (tertiary/aromatic N) is 1. The lowest BCUT2D eigenvalue weighted by molar-refractivity contribution is -0.134. The fourth-order valence-corrected chi connectivity index (χ4v) is 9.83. The molecule has 1 rings (SSSR count). The second-order valence-electron chi connectivity index (χ2n) is 20.4. The van der Waals surface area contributed by atoms with Gasteiger partial charge in [-0.15, -0.1) is 0 Å². The third-order valence-corrected chi connectivity index (χ3v) is 22.0. The molecule has 0 saturated heterocycles. The van der Waals surface area contributed by atoms with Crippen LogP contribution in [-0.2, 0) is 18.4 Å². The van der Waals surface area contributed by atoms with Crippen LogP contribution in [0.1, 0.15) is 189 Å². The largest absolute Gasteiger partial charge is 0.493 e. The maximum Gasteiger partial charge on any atom is 0.328 e. The fourth-order valence-electron chi connectivity index (χ4n) is 7.07. The molecular weight excluding hydrogens is 783 g/mol. The van der Waals surface area contributed by atoms with Crippen LogP contribution in [0.2, 0.25) is 36.3 Å². The molecule has 0 radical (unpaired) electrons. The van der Waals surface area contributed by atoms with Gasteiger partial charge in [-0.1, -0.05) is 164 Å². The van der Waals surface area contributed by atoms with Crippen LogP contribution >= 0.6 is 0 Å². The molecule has 8 nitrogen and oxygen atoms in total. The van der Waals surface area contributed by atoms with Gasteiger partial charge >= 0.3 is 11.9 Å². The fraction of sp³-hybridized carbons (Fsp3) is 0.800. The van der Waals surface area contributed by atoms with Crippen LogP contribution in [0.4, 0.5) is 0 Å². The molecule has 0 spiro atoms. The van der Waals surface area contributed by atoms with Crippen molar-refractivity contribution >= 4 is 34.6 Å². The maximum atomic E-state index is 13.3. The molecule has 60 heavy (non-hydrogen) atoms. The number of esters is 1. The zero-order chi connectivity index (χ0) is 45.2. The Morgan fingerprint density at radius 3 is 1.50 bits per heavy atom. The standard InChI is InChI=1S/C50H93NO7Si2/c1-14-16-18-20-22-24-26-28-31-43(57-59(10,11)49(3,4)5)40-51(38-30-33-48(54)56-45-36-34-42(35-37-47(52)53)39-46(45)55-9)41-44(58-60(12,13)50(6,7)8)32-29-27-25-23-21-19-17-15-2/h34-37,39,43-44H,14-33,38,40-41H2,1-13H3,(H,52,53)/b37-35+. The van der Waals surface area contributed by atoms with Crippen molar-refractivity contribution in [2.24, 2.45) is 0 Å². The number of benzene rings is 1. The van der Waals surface area contributed by atoms with E-state index in [1.54, 1.807) is 18.2 Å². The van der Waals surface area contributed by atoms with E-state index in [1.807, 2.05) is 0 Å². The Bertz CT molecular complexity index is 1300. The molecule has 0 fully saturated rings. The first-order valence-corrected chi connectivity index (χ1v) is 29.8. The summed E-state index contributed by atoms with van der Waals surface area (Å²) in [5.74, 6) is -0.636. The highest BCUT2D eigenvalue weighted by atomic mass is 28.4. The van der Waals surface area contributed by atoms with Crippen molar-refractivity contribution in [3.8, 4) is 11.5 Å². The first-order valence-electron chi connectivity index (χ1n) is 24.0. The smallest absolute Gasteiger partial charge is 0.328 e. The van der Waals surface area contributed by atoms with Crippen LogP contribution in [0.25, 0.3) is 6.08 Å². The van der Waals surface area contributed by atoms with Gasteiger partial charge in [0.2, 0.25) is 0 Å². The van der Waals surface area contributed by atoms with Gasteiger partial charge in [-0.05, 0) is 85.8 Å². The molecule has 2 atom stereocenters. The molecule has 1 aromatic rings. The average molecular weight is 876 g/mol. The highest BCUT2D eigenvalue weighted by Crippen LogP contribution is 2.39. The van der Waals surface area contributed by atoms with Crippen LogP contribution in [0.15, 0.2) is 24.3 Å². The van der Waals surface area contributed by atoms with E-state index in [0.29, 0.717) is 23.5 Å². The van der Waals surface area contributed by atoms with Crippen molar-refractivity contribution in [1.82, 2.24) is 4.90 Å². The second kappa shape index (κ2) is 29.4. The molecule has 348 valence electrons. The molecule has 0 saturated carbocycles. The SMILES string of the molecule is CCCCCCCCCCC(CN(CCCC(=O)Oc1ccc(/C=C/C(=O)O)cc1OC)CC(CCCCCCCCCC)O[Si](C)(C)C(C)(C)C)O[Si](C)(C)C(C)(C)C. The number of methoxy groups -OCH3 is 1. The van der Waals surface area contributed by atoms with E-state index in [2.05, 4.69) is 86.5 Å². The molecule has 0 bridgehead atoms. The van der Waals surface area contributed by atoms with Gasteiger partial charge in [-0.2, -0.15) is 0 Å². The van der Waals surface area contributed by atoms with Crippen molar-refractivity contribution in [1.29, 1.82) is 0 Å². The number of carboxylic acid groups (broad SMARTS) is 1. The Balaban J connectivity index is 3.32. The number of ether oxygens (including phenoxy) is 2. The number of carbonyl (C=O) groups excluding carboxylic acids is 1. The lowest BCUT2D eigenvalue weighted by Crippen LogP contribution is -2.50. The molecule has 1 N–H and O–H groups in total. The van der Waals surface area contributed by atoms with Gasteiger partial charge in [0.05, 0.1) is 19.3 Å². The Hall–Kier alpha value is -1.99. The van der Waals surface area contributed by atoms with Gasteiger partial charge in [0.15, 0.2) is 28.1 Å². The summed E-state index contributed by atoms with van der Waals surface area (Å²) in [6.45, 7) is 30.5. The van der Waals surface area contributed by atoms with E-state index >= 15 is 0 Å². The van der Waals surface area contributed by atoms with Gasteiger partial charge in [0, 0.05) is 25.6 Å². The minimum absolute atomic E-state index is 0.107. The number of hydrogen-bond acceptors (Lipinski definition) is 7. The van der Waals surface area contributed by atoms with E-state index in [1.165, 1.54) is 116 Å². The second-order valence-corrected chi connectivity index (χ2v) is 30.0. The third-order valence-electron chi connectivity index (χ3n) is 12.9. The predicted octanol–water partition coefficient (Wildman–Crippen LogP) is 14.6. The highest BCUT2D eigenvalue weighted by Gasteiger charge is 2.41. The van der Waals surface area contributed by atoms with E-state index in [9.17, 15) is 9.59 Å². The van der Waals surface area contributed by atoms with Crippen LogP contribution in [0, 0.1) is 0 Å². The van der Waals surface area contributed by atoms with E-state index in [-0.39, 0.29) is 34.7 Å². The Kier molecular flexibility index (Phi) is 27.4. The number of carboxylic acids is 1. The Morgan fingerprint density at radius 2 is 1.10 bits per heavy atom. The van der Waals surface area contributed by atoms with Crippen LogP contribution in [-0.4, -0.2) is 77.5 Å². The van der Waals surface area contributed by atoms with Gasteiger partial charge in [0.25, 0.3) is 0 Å². The lowest BCUT2D eigenvalue weighted by atomic mass is 10.0. The first kappa shape index (κ1) is 56.0. The van der Waals surface area contributed by atoms with Crippen molar-refractivity contribution in [2.75, 3.05) is 26.7 Å². The van der Waals surface area contributed by atoms with Crippen LogP contribution in [0.5, 0.6) is 11.5 Å². The topological polar surface area (TPSA) is 94.5 Å². The summed E-state index contributed by atoms with van der Waals surface area (Å²) in [6.07, 6.45) is 26.4. The zero-order valence-electron chi connectivity index (χ0n) is 41.1. The highest BCUT2D eigenvalue weighted by molar-refractivity contribution is 6.74. The quantitative estimate of drug-likeness (QED) is 0.0241. The molecule has 0 aliphatic carbocycles. The minimum atomic E-state index is -2.06. The summed E-state index contributed by atoms with van der Waals surface area (Å²) in [6, 6.07) is 5.05. The van der Waals surface area contributed by atoms with Crippen molar-refractivity contribution in [2.45, 2.75) is 232 Å². The monoisotopic (exact) mass is 876 g/mol. The summed E-state index contributed by atoms with van der Waals surface area (Å²) in [5.41, 5.74) is 0.646. The molecule has 0 aromatic heterocycles. The normalized spacial score (nSPS) is 13.9. The van der Waals surface area contributed by atoms with Crippen molar-refractivity contribution in [3.05, 3.63) is 29.8 Å². The first-order chi connectivity index (χ1) is 28.2. The number of rotatable bonds is 34. The molecule has 10 heteroatoms. The summed E-state index contributed by atoms with van der Waals surface area (Å²) in [4.78, 5) is 26.9. The summed E-state index contributed by atoms with van der Waals surface area (Å²) >= 11 is 0. The summed E-state index contributed by atoms with van der Waals surface area (Å²) in [5, 5.41) is 9.24. The van der Waals surface area contributed by atoms with Gasteiger partial charge < -0.3 is 23.4 Å². The number of carbonyl (C=O) groups is 2. The predicted molar refractivity (Wildman–Crippen MR) is 260 cm³/mol. The van der Waals surface area contributed by atoms with Gasteiger partial charge in [0.1, 0.15) is 0 Å². The molecule has 0 amide bonds. The van der Waals surface area contributed by atoms with E-state index in [4.69, 9.17) is 23.4 Å². The molecular formula is C50H93NO7Si2. The number of hydrogen-bond donors (Lipinski definition) is 1. The third kappa shape index (κ3) is 24.0. The number of unbranched alkanes of at least 4 members (excludes halogenated alkanes) is 14. The molecule has 0 heterocycles. The van der Waals surface area contributed by atoms with Gasteiger partial charge in [-0.3, -0.25) is 9.69 Å². The summed E-state index contributed by atoms with van der Waals surface area (Å²) in [7, 11) is -2.60. The zero-order valence-corrected chi connectivity index (χ0v) is 43.1. The van der Waals surface area contributed by atoms with Crippen LogP contribution < -0.4 is 9.47 Å².